The highest BCUT2D eigenvalue weighted by Gasteiger charge is 2.30. The van der Waals surface area contributed by atoms with Gasteiger partial charge in [0.1, 0.15) is 0 Å². The van der Waals surface area contributed by atoms with Crippen LogP contribution in [0.3, 0.4) is 0 Å². The number of likely N-dealkylation sites (N-methyl/N-ethyl adjacent to an activating group) is 1. The van der Waals surface area contributed by atoms with Gasteiger partial charge in [0.15, 0.2) is 0 Å². The van der Waals surface area contributed by atoms with E-state index < -0.39 is 0 Å². The number of nitrogens with one attached hydrogen (secondary N) is 1. The van der Waals surface area contributed by atoms with Gasteiger partial charge in [-0.05, 0) is 32.7 Å². The van der Waals surface area contributed by atoms with Crippen LogP contribution in [0.1, 0.15) is 51.6 Å². The van der Waals surface area contributed by atoms with Crippen molar-refractivity contribution in [3.05, 3.63) is 18.0 Å². The van der Waals surface area contributed by atoms with Crippen molar-refractivity contribution in [1.82, 2.24) is 15.1 Å². The quantitative estimate of drug-likeness (QED) is 0.844. The molecule has 0 bridgehead atoms. The highest BCUT2D eigenvalue weighted by molar-refractivity contribution is 5.13. The number of nitrogens with zero attached hydrogens (tertiary/aromatic N) is 2. The molecule has 0 radical (unpaired) electrons. The van der Waals surface area contributed by atoms with Crippen LogP contribution in [0.4, 0.5) is 0 Å². The highest BCUT2D eigenvalue weighted by atomic mass is 16.5. The third kappa shape index (κ3) is 3.12. The van der Waals surface area contributed by atoms with E-state index in [-0.39, 0.29) is 6.04 Å². The van der Waals surface area contributed by atoms with Gasteiger partial charge >= 0.3 is 0 Å². The predicted octanol–water partition coefficient (Wildman–Crippen LogP) is 2.51. The summed E-state index contributed by atoms with van der Waals surface area (Å²) in [6, 6.07) is 0.283. The zero-order valence-electron chi connectivity index (χ0n) is 11.7. The van der Waals surface area contributed by atoms with Crippen LogP contribution in [-0.4, -0.2) is 28.5 Å². The van der Waals surface area contributed by atoms with E-state index >= 15 is 0 Å². The van der Waals surface area contributed by atoms with Gasteiger partial charge in [-0.3, -0.25) is 4.68 Å². The van der Waals surface area contributed by atoms with Crippen LogP contribution in [-0.2, 0) is 11.3 Å². The summed E-state index contributed by atoms with van der Waals surface area (Å²) in [5, 5.41) is 7.96. The summed E-state index contributed by atoms with van der Waals surface area (Å²) >= 11 is 0. The Morgan fingerprint density at radius 1 is 1.50 bits per heavy atom. The zero-order chi connectivity index (χ0) is 13.0. The molecule has 4 nitrogen and oxygen atoms in total. The molecule has 2 rings (SSSR count). The summed E-state index contributed by atoms with van der Waals surface area (Å²) < 4.78 is 8.03. The molecule has 18 heavy (non-hydrogen) atoms. The molecule has 0 amide bonds. The Hall–Kier alpha value is -0.870. The molecule has 3 atom stereocenters. The summed E-state index contributed by atoms with van der Waals surface area (Å²) in [4.78, 5) is 0. The summed E-state index contributed by atoms with van der Waals surface area (Å²) in [7, 11) is 0. The standard InChI is InChI=1S/C14H25N3O/c1-4-8-17-10-12(9-16-17)14(15-5-2)13-7-6-11(3)18-13/h9-11,13-15H,4-8H2,1-3H3. The normalized spacial score (nSPS) is 25.5. The summed E-state index contributed by atoms with van der Waals surface area (Å²) in [6.45, 7) is 8.41. The van der Waals surface area contributed by atoms with Crippen molar-refractivity contribution in [2.24, 2.45) is 0 Å². The molecular weight excluding hydrogens is 226 g/mol. The predicted molar refractivity (Wildman–Crippen MR) is 72.5 cm³/mol. The lowest BCUT2D eigenvalue weighted by Crippen LogP contribution is -2.31. The SMILES string of the molecule is CCCn1cc(C(NCC)C2CCC(C)O2)cn1. The maximum atomic E-state index is 6.00. The third-order valence-electron chi connectivity index (χ3n) is 3.53. The van der Waals surface area contributed by atoms with Gasteiger partial charge < -0.3 is 10.1 Å². The monoisotopic (exact) mass is 251 g/mol. The highest BCUT2D eigenvalue weighted by Crippen LogP contribution is 2.29. The topological polar surface area (TPSA) is 39.1 Å². The van der Waals surface area contributed by atoms with E-state index in [0.717, 1.165) is 32.4 Å². The molecule has 0 aromatic carbocycles. The van der Waals surface area contributed by atoms with Crippen molar-refractivity contribution >= 4 is 0 Å². The molecule has 1 aliphatic heterocycles. The minimum atomic E-state index is 0.283. The molecule has 1 fully saturated rings. The van der Waals surface area contributed by atoms with E-state index in [9.17, 15) is 0 Å². The molecule has 2 heterocycles. The minimum Gasteiger partial charge on any atom is -0.373 e. The number of aryl methyl sites for hydroxylation is 1. The molecule has 0 spiro atoms. The van der Waals surface area contributed by atoms with Crippen LogP contribution in [0.25, 0.3) is 0 Å². The van der Waals surface area contributed by atoms with Gasteiger partial charge in [0.2, 0.25) is 0 Å². The Labute approximate surface area is 110 Å². The summed E-state index contributed by atoms with van der Waals surface area (Å²) in [5.41, 5.74) is 1.25. The van der Waals surface area contributed by atoms with Crippen LogP contribution in [0.2, 0.25) is 0 Å². The molecule has 1 N–H and O–H groups in total. The van der Waals surface area contributed by atoms with E-state index in [0.29, 0.717) is 12.2 Å². The lowest BCUT2D eigenvalue weighted by atomic mass is 10.0. The first-order chi connectivity index (χ1) is 8.74. The van der Waals surface area contributed by atoms with Crippen LogP contribution in [0, 0.1) is 0 Å². The van der Waals surface area contributed by atoms with Gasteiger partial charge in [-0.2, -0.15) is 5.10 Å². The van der Waals surface area contributed by atoms with Gasteiger partial charge in [-0.1, -0.05) is 13.8 Å². The summed E-state index contributed by atoms with van der Waals surface area (Å²) in [5.74, 6) is 0. The Morgan fingerprint density at radius 3 is 2.94 bits per heavy atom. The summed E-state index contributed by atoms with van der Waals surface area (Å²) in [6.07, 6.45) is 8.23. The van der Waals surface area contributed by atoms with Gasteiger partial charge in [0.25, 0.3) is 0 Å². The molecule has 1 aromatic heterocycles. The minimum absolute atomic E-state index is 0.283. The molecule has 102 valence electrons. The molecular formula is C14H25N3O. The average Bonchev–Trinajstić information content (AvgIpc) is 2.96. The average molecular weight is 251 g/mol. The number of aromatic nitrogens is 2. The van der Waals surface area contributed by atoms with Gasteiger partial charge in [-0.25, -0.2) is 0 Å². The smallest absolute Gasteiger partial charge is 0.0775 e. The van der Waals surface area contributed by atoms with E-state index in [1.54, 1.807) is 0 Å². The first-order valence-corrected chi connectivity index (χ1v) is 7.15. The van der Waals surface area contributed by atoms with Crippen molar-refractivity contribution in [3.8, 4) is 0 Å². The van der Waals surface area contributed by atoms with Crippen LogP contribution < -0.4 is 5.32 Å². The molecule has 4 heteroatoms. The fourth-order valence-electron chi connectivity index (χ4n) is 2.65. The second-order valence-electron chi connectivity index (χ2n) is 5.13. The van der Waals surface area contributed by atoms with Crippen LogP contribution in [0.5, 0.6) is 0 Å². The molecule has 0 saturated carbocycles. The van der Waals surface area contributed by atoms with Crippen LogP contribution in [0.15, 0.2) is 12.4 Å². The fraction of sp³-hybridized carbons (Fsp3) is 0.786. The number of rotatable bonds is 6. The second kappa shape index (κ2) is 6.34. The van der Waals surface area contributed by atoms with Crippen molar-refractivity contribution in [3.63, 3.8) is 0 Å². The van der Waals surface area contributed by atoms with E-state index in [2.05, 4.69) is 37.4 Å². The Bertz CT molecular complexity index is 364. The van der Waals surface area contributed by atoms with E-state index in [4.69, 9.17) is 4.74 Å². The maximum absolute atomic E-state index is 6.00. The van der Waals surface area contributed by atoms with Crippen molar-refractivity contribution in [2.45, 2.75) is 64.8 Å². The Balaban J connectivity index is 2.08. The first-order valence-electron chi connectivity index (χ1n) is 7.15. The fourth-order valence-corrected chi connectivity index (χ4v) is 2.65. The van der Waals surface area contributed by atoms with E-state index in [1.807, 2.05) is 10.9 Å². The number of hydrogen-bond acceptors (Lipinski definition) is 3. The van der Waals surface area contributed by atoms with Gasteiger partial charge in [-0.15, -0.1) is 0 Å². The lowest BCUT2D eigenvalue weighted by Gasteiger charge is -2.23. The van der Waals surface area contributed by atoms with E-state index in [1.165, 1.54) is 5.56 Å². The molecule has 1 aromatic rings. The Kier molecular flexibility index (Phi) is 4.78. The number of ether oxygens (including phenoxy) is 1. The maximum Gasteiger partial charge on any atom is 0.0775 e. The zero-order valence-corrected chi connectivity index (χ0v) is 11.7. The largest absolute Gasteiger partial charge is 0.373 e. The Morgan fingerprint density at radius 2 is 2.33 bits per heavy atom. The second-order valence-corrected chi connectivity index (χ2v) is 5.13. The molecule has 3 unspecified atom stereocenters. The van der Waals surface area contributed by atoms with Crippen molar-refractivity contribution in [1.29, 1.82) is 0 Å². The van der Waals surface area contributed by atoms with Crippen molar-refractivity contribution in [2.75, 3.05) is 6.54 Å². The van der Waals surface area contributed by atoms with Crippen LogP contribution >= 0.6 is 0 Å². The number of hydrogen-bond donors (Lipinski definition) is 1. The lowest BCUT2D eigenvalue weighted by molar-refractivity contribution is 0.0319. The molecule has 0 aliphatic carbocycles. The molecule has 1 aliphatic rings. The first kappa shape index (κ1) is 13.6. The third-order valence-corrected chi connectivity index (χ3v) is 3.53. The van der Waals surface area contributed by atoms with Crippen molar-refractivity contribution < 1.29 is 4.74 Å². The van der Waals surface area contributed by atoms with Gasteiger partial charge in [0, 0.05) is 18.3 Å². The van der Waals surface area contributed by atoms with Gasteiger partial charge in [0.05, 0.1) is 24.4 Å². The molecule has 1 saturated heterocycles.